The van der Waals surface area contributed by atoms with Gasteiger partial charge in [0.15, 0.2) is 12.6 Å². The molecule has 2 N–H and O–H groups in total. The number of fused-ring (bicyclic) bond motifs is 6. The van der Waals surface area contributed by atoms with Crippen molar-refractivity contribution in [1.29, 1.82) is 0 Å². The normalized spacial score (nSPS) is 33.6. The maximum atomic E-state index is 15.6. The lowest BCUT2D eigenvalue weighted by atomic mass is 9.47. The number of para-hydroxylation sites is 1. The Balaban J connectivity index is 0.00000608. The number of nitrogens with zero attached hydrogens (tertiary/aromatic N) is 4. The minimum atomic E-state index is -2.34. The number of aromatic amines is 1. The molecule has 1 amide bonds. The molecule has 6 aliphatic heterocycles. The number of carbonyl (C=O) groups is 5. The van der Waals surface area contributed by atoms with Crippen LogP contribution in [-0.4, -0.2) is 152 Å². The number of hydrogen-bond donors (Lipinski definition) is 2. The number of anilines is 1. The molecule has 16 nitrogen and oxygen atoms in total. The summed E-state index contributed by atoms with van der Waals surface area (Å²) in [6.07, 6.45) is 9.00. The lowest BCUT2D eigenvalue weighted by molar-refractivity contribution is -0.891. The van der Waals surface area contributed by atoms with Gasteiger partial charge in [0.2, 0.25) is 5.60 Å². The van der Waals surface area contributed by atoms with E-state index in [9.17, 15) is 24.3 Å². The van der Waals surface area contributed by atoms with E-state index in [4.69, 9.17) is 23.7 Å². The number of hydrogen-bond acceptors (Lipinski definition) is 13. The van der Waals surface area contributed by atoms with Crippen LogP contribution in [-0.2, 0) is 60.3 Å². The van der Waals surface area contributed by atoms with Gasteiger partial charge in [0.05, 0.1) is 47.2 Å². The van der Waals surface area contributed by atoms with Gasteiger partial charge >= 0.3 is 23.9 Å². The second-order valence-corrected chi connectivity index (χ2v) is 20.8. The zero-order valence-corrected chi connectivity index (χ0v) is 43.1. The number of aliphatic hydroxyl groups is 1. The predicted molar refractivity (Wildman–Crippen MR) is 254 cm³/mol. The van der Waals surface area contributed by atoms with Gasteiger partial charge in [0.25, 0.3) is 5.91 Å². The fourth-order valence-electron chi connectivity index (χ4n) is 15.3. The largest absolute Gasteiger partial charge is 1.00 e. The number of rotatable bonds is 10. The molecular weight excluding hydrogens is 963 g/mol. The molecule has 3 aromatic rings. The second kappa shape index (κ2) is 17.8. The van der Waals surface area contributed by atoms with Crippen molar-refractivity contribution in [2.75, 3.05) is 73.1 Å². The Morgan fingerprint density at radius 3 is 2.40 bits per heavy atom. The number of allylic oxidation sites excluding steroid dienone is 1. The van der Waals surface area contributed by atoms with Crippen molar-refractivity contribution in [1.82, 2.24) is 14.8 Å². The summed E-state index contributed by atoms with van der Waals surface area (Å²) in [5, 5.41) is 14.4. The van der Waals surface area contributed by atoms with Gasteiger partial charge in [-0.2, -0.15) is 0 Å². The first kappa shape index (κ1) is 49.7. The molecule has 376 valence electrons. The minimum absolute atomic E-state index is 0. The summed E-state index contributed by atoms with van der Waals surface area (Å²) in [6.45, 7) is 8.18. The molecule has 7 heterocycles. The van der Waals surface area contributed by atoms with Gasteiger partial charge in [-0.25, -0.2) is 9.59 Å². The number of nitrogens with one attached hydrogen (secondary N) is 1. The molecule has 1 saturated carbocycles. The number of likely N-dealkylation sites (tertiary alicyclic amines) is 1. The molecule has 3 unspecified atom stereocenters. The zero-order valence-electron chi connectivity index (χ0n) is 41.5. The number of benzene rings is 2. The average molecular weight is 1030 g/mol. The Kier molecular flexibility index (Phi) is 12.7. The van der Waals surface area contributed by atoms with E-state index in [0.717, 1.165) is 28.5 Å². The average Bonchev–Trinajstić information content (AvgIpc) is 4.14. The number of likely N-dealkylation sites (N-methyl/N-ethyl adjacent to an activating group) is 1. The van der Waals surface area contributed by atoms with Crippen molar-refractivity contribution in [3.63, 3.8) is 0 Å². The smallest absolute Gasteiger partial charge is 0.344 e. The summed E-state index contributed by atoms with van der Waals surface area (Å²) in [5.74, 6) is -2.23. The topological polar surface area (TPSA) is 177 Å². The van der Waals surface area contributed by atoms with Crippen LogP contribution in [0, 0.1) is 11.3 Å². The molecule has 2 saturated heterocycles. The molecule has 0 radical (unpaired) electrons. The number of esters is 4. The Morgan fingerprint density at radius 2 is 1.71 bits per heavy atom. The number of carbonyl (C=O) groups excluding carboxylic acids is 5. The number of ether oxygens (including phenoxy) is 5. The third-order valence-electron chi connectivity index (χ3n) is 17.6. The summed E-state index contributed by atoms with van der Waals surface area (Å²) in [5.41, 5.74) is -0.159. The summed E-state index contributed by atoms with van der Waals surface area (Å²) < 4.78 is 29.6. The SMILES string of the molecule is CCC1=C[N+]2(CC(=O)N3CCC[C@H]3C(=O)OC)Cc3c([nH]c4ccccc34)[C@@](C(=O)OC)(c3cc4c(cc3OC)N(C)C3[C@]45CCN4CC=C[C@@](CC)([C@@H](OC(C)=O)[C@]3(O)C(=O)OC)[C@H]45)CC(C1)C2.[Br-]. The summed E-state index contributed by atoms with van der Waals surface area (Å²) in [6, 6.07) is 10.1. The molecule has 10 rings (SSSR count). The van der Waals surface area contributed by atoms with E-state index < -0.39 is 63.9 Å². The first-order chi connectivity index (χ1) is 33.1. The van der Waals surface area contributed by atoms with Crippen molar-refractivity contribution in [3.05, 3.63) is 82.7 Å². The number of amides is 1. The zero-order chi connectivity index (χ0) is 49.0. The van der Waals surface area contributed by atoms with E-state index in [1.165, 1.54) is 33.8 Å². The minimum Gasteiger partial charge on any atom is -1.00 e. The molecule has 10 atom stereocenters. The Labute approximate surface area is 419 Å². The molecular formula is C53H66BrN5O11. The van der Waals surface area contributed by atoms with E-state index in [2.05, 4.69) is 29.1 Å². The highest BCUT2D eigenvalue weighted by Gasteiger charge is 2.80. The molecule has 2 aromatic carbocycles. The Hall–Kier alpha value is -5.23. The number of aromatic nitrogens is 1. The van der Waals surface area contributed by atoms with E-state index in [-0.39, 0.29) is 41.4 Å². The van der Waals surface area contributed by atoms with Gasteiger partial charge in [-0.15, -0.1) is 0 Å². The van der Waals surface area contributed by atoms with Crippen molar-refractivity contribution < 1.29 is 74.2 Å². The van der Waals surface area contributed by atoms with Crippen LogP contribution in [0.3, 0.4) is 0 Å². The van der Waals surface area contributed by atoms with Crippen LogP contribution in [0.1, 0.15) is 88.1 Å². The number of methoxy groups -OCH3 is 4. The predicted octanol–water partition coefficient (Wildman–Crippen LogP) is 1.78. The standard InChI is InChI=1S/C53H66N5O11.BrH/c1-9-32-23-33-26-52(48(62)67-7,43-35(34-15-11-12-16-38(34)54-43)29-58(27-32,28-33)30-42(60)57-21-13-17-39(57)44(61)66-6)37-24-36-40(25-41(37)65-5)55(4)46-51(36)19-22-56-20-14-18-50(10-2,45(51)56)47(69-31(3)59)53(46,64)49(63)68-8;/h11-12,14-16,18,24-25,27,33,39,45-47,54,64H,9-10,13,17,19-23,26,28-30H2,1-8H3;1H/q+1;/p-1/t33?,39-,45-,46?,47+,50+,51+,52-,53-,58?;/m0./s1. The third-order valence-corrected chi connectivity index (χ3v) is 17.6. The third kappa shape index (κ3) is 6.72. The molecule has 70 heavy (non-hydrogen) atoms. The van der Waals surface area contributed by atoms with E-state index in [1.54, 1.807) is 12.0 Å². The van der Waals surface area contributed by atoms with Crippen LogP contribution < -0.4 is 26.6 Å². The number of halogens is 1. The fourth-order valence-corrected chi connectivity index (χ4v) is 15.3. The Morgan fingerprint density at radius 1 is 0.957 bits per heavy atom. The molecule has 1 spiro atoms. The molecule has 1 aliphatic carbocycles. The van der Waals surface area contributed by atoms with E-state index in [0.29, 0.717) is 98.4 Å². The van der Waals surface area contributed by atoms with Crippen LogP contribution in [0.4, 0.5) is 5.69 Å². The van der Waals surface area contributed by atoms with E-state index >= 15 is 4.79 Å². The maximum Gasteiger partial charge on any atom is 0.344 e. The molecule has 2 bridgehead atoms. The first-order valence-electron chi connectivity index (χ1n) is 24.6. The van der Waals surface area contributed by atoms with Crippen molar-refractivity contribution >= 4 is 46.4 Å². The van der Waals surface area contributed by atoms with Crippen LogP contribution in [0.25, 0.3) is 10.9 Å². The fraction of sp³-hybridized carbons (Fsp3) is 0.566. The monoisotopic (exact) mass is 1030 g/mol. The lowest BCUT2D eigenvalue weighted by Crippen LogP contribution is -3.00. The summed E-state index contributed by atoms with van der Waals surface area (Å²) in [7, 11) is 7.47. The molecule has 7 aliphatic rings. The van der Waals surface area contributed by atoms with Gasteiger partial charge in [-0.1, -0.05) is 44.2 Å². The van der Waals surface area contributed by atoms with Crippen molar-refractivity contribution in [2.24, 2.45) is 11.3 Å². The van der Waals surface area contributed by atoms with Crippen molar-refractivity contribution in [2.45, 2.75) is 113 Å². The maximum absolute atomic E-state index is 15.6. The van der Waals surface area contributed by atoms with Gasteiger partial charge < -0.3 is 60.6 Å². The highest BCUT2D eigenvalue weighted by molar-refractivity contribution is 5.95. The highest BCUT2D eigenvalue weighted by atomic mass is 79.9. The lowest BCUT2D eigenvalue weighted by Gasteiger charge is -2.63. The number of quaternary nitrogens is 1. The summed E-state index contributed by atoms with van der Waals surface area (Å²) >= 11 is 0. The number of H-pyrrole nitrogens is 1. The molecule has 17 heteroatoms. The van der Waals surface area contributed by atoms with Gasteiger partial charge in [-0.05, 0) is 74.8 Å². The molecule has 3 fully saturated rings. The van der Waals surface area contributed by atoms with Crippen LogP contribution >= 0.6 is 0 Å². The summed E-state index contributed by atoms with van der Waals surface area (Å²) in [4.78, 5) is 80.7. The van der Waals surface area contributed by atoms with Gasteiger partial charge in [0.1, 0.15) is 23.8 Å². The van der Waals surface area contributed by atoms with Gasteiger partial charge in [-0.3, -0.25) is 23.8 Å². The van der Waals surface area contributed by atoms with Crippen LogP contribution in [0.2, 0.25) is 0 Å². The second-order valence-electron chi connectivity index (χ2n) is 20.8. The Bertz CT molecular complexity index is 2720. The molecule has 1 aromatic heterocycles. The van der Waals surface area contributed by atoms with Crippen LogP contribution in [0.15, 0.2) is 60.3 Å². The highest BCUT2D eigenvalue weighted by Crippen LogP contribution is 2.68. The quantitative estimate of drug-likeness (QED) is 0.130. The van der Waals surface area contributed by atoms with E-state index in [1.807, 2.05) is 61.4 Å². The van der Waals surface area contributed by atoms with Gasteiger partial charge in [0, 0.05) is 89.3 Å². The van der Waals surface area contributed by atoms with Crippen molar-refractivity contribution in [3.8, 4) is 5.75 Å². The first-order valence-corrected chi connectivity index (χ1v) is 24.6. The van der Waals surface area contributed by atoms with Crippen LogP contribution in [0.5, 0.6) is 5.75 Å².